The van der Waals surface area contributed by atoms with Crippen molar-refractivity contribution in [1.29, 1.82) is 0 Å². The summed E-state index contributed by atoms with van der Waals surface area (Å²) in [5.74, 6) is 0.366. The highest BCUT2D eigenvalue weighted by Crippen LogP contribution is 2.30. The Balaban J connectivity index is 2.17. The van der Waals surface area contributed by atoms with Gasteiger partial charge in [-0.3, -0.25) is 14.9 Å². The van der Waals surface area contributed by atoms with Crippen LogP contribution in [0.2, 0.25) is 0 Å². The monoisotopic (exact) mass is 394 g/mol. The van der Waals surface area contributed by atoms with Crippen LogP contribution in [0.15, 0.2) is 42.5 Å². The van der Waals surface area contributed by atoms with E-state index in [2.05, 4.69) is 15.5 Å². The van der Waals surface area contributed by atoms with Gasteiger partial charge in [0, 0.05) is 25.6 Å². The highest BCUT2D eigenvalue weighted by molar-refractivity contribution is 5.76. The summed E-state index contributed by atoms with van der Waals surface area (Å²) >= 11 is 0. The predicted molar refractivity (Wildman–Crippen MR) is 107 cm³/mol. The van der Waals surface area contributed by atoms with E-state index in [1.54, 1.807) is 35.7 Å². The maximum Gasteiger partial charge on any atom is 0.269 e. The van der Waals surface area contributed by atoms with Gasteiger partial charge in [0.05, 0.1) is 10.6 Å². The summed E-state index contributed by atoms with van der Waals surface area (Å²) in [5, 5.41) is 23.3. The molecule has 150 valence electrons. The fraction of sp³-hybridized carbons (Fsp3) is 0.300. The molecular weight excluding hydrogens is 372 g/mol. The van der Waals surface area contributed by atoms with Gasteiger partial charge in [-0.15, -0.1) is 5.10 Å². The molecule has 29 heavy (non-hydrogen) atoms. The number of aromatic nitrogens is 4. The van der Waals surface area contributed by atoms with Crippen molar-refractivity contribution in [3.63, 3.8) is 0 Å². The molecule has 0 saturated carbocycles. The Morgan fingerprint density at radius 2 is 1.79 bits per heavy atom. The molecule has 0 aliphatic rings. The predicted octanol–water partition coefficient (Wildman–Crippen LogP) is 3.15. The number of amides is 1. The number of carbonyl (C=O) groups excluding carboxylic acids is 1. The fourth-order valence-corrected chi connectivity index (χ4v) is 3.38. The molecule has 3 aromatic rings. The van der Waals surface area contributed by atoms with E-state index in [-0.39, 0.29) is 11.6 Å². The lowest BCUT2D eigenvalue weighted by molar-refractivity contribution is -0.384. The van der Waals surface area contributed by atoms with Gasteiger partial charge in [0.15, 0.2) is 5.82 Å². The lowest BCUT2D eigenvalue weighted by Crippen LogP contribution is -2.33. The van der Waals surface area contributed by atoms with E-state index < -0.39 is 11.0 Å². The number of para-hydroxylation sites is 1. The summed E-state index contributed by atoms with van der Waals surface area (Å²) in [6.45, 7) is 5.71. The molecule has 0 N–H and O–H groups in total. The Hall–Kier alpha value is -3.62. The molecule has 1 aromatic heterocycles. The van der Waals surface area contributed by atoms with E-state index in [1.807, 2.05) is 32.0 Å². The molecule has 0 radical (unpaired) electrons. The largest absolute Gasteiger partial charge is 0.331 e. The van der Waals surface area contributed by atoms with Crippen LogP contribution in [0.4, 0.5) is 5.69 Å². The van der Waals surface area contributed by atoms with Crippen LogP contribution in [-0.4, -0.2) is 43.0 Å². The van der Waals surface area contributed by atoms with Crippen LogP contribution in [0.3, 0.4) is 0 Å². The van der Waals surface area contributed by atoms with Gasteiger partial charge >= 0.3 is 0 Å². The van der Waals surface area contributed by atoms with Crippen LogP contribution in [0, 0.1) is 24.0 Å². The van der Waals surface area contributed by atoms with Crippen molar-refractivity contribution < 1.29 is 9.72 Å². The number of hydrogen-bond donors (Lipinski definition) is 0. The van der Waals surface area contributed by atoms with Gasteiger partial charge in [-0.05, 0) is 53.1 Å². The van der Waals surface area contributed by atoms with Gasteiger partial charge in [-0.25, -0.2) is 0 Å². The van der Waals surface area contributed by atoms with E-state index in [0.717, 1.165) is 16.8 Å². The van der Waals surface area contributed by atoms with Crippen LogP contribution < -0.4 is 0 Å². The number of aryl methyl sites for hydroxylation is 2. The number of nitro groups is 1. The zero-order valence-electron chi connectivity index (χ0n) is 16.7. The molecule has 9 heteroatoms. The SMILES string of the molecule is CCC(=O)N(C)[C@H](c1ccc([N+](=O)[O-])cc1)c1nnnn1-c1c(C)cccc1C. The molecule has 0 bridgehead atoms. The minimum Gasteiger partial charge on any atom is -0.331 e. The first-order chi connectivity index (χ1) is 13.8. The molecule has 0 fully saturated rings. The Morgan fingerprint density at radius 1 is 1.17 bits per heavy atom. The number of benzene rings is 2. The van der Waals surface area contributed by atoms with E-state index in [4.69, 9.17) is 0 Å². The summed E-state index contributed by atoms with van der Waals surface area (Å²) in [7, 11) is 1.68. The van der Waals surface area contributed by atoms with Gasteiger partial charge in [0.1, 0.15) is 6.04 Å². The molecule has 3 rings (SSSR count). The lowest BCUT2D eigenvalue weighted by atomic mass is 10.0. The number of nitrogens with zero attached hydrogens (tertiary/aromatic N) is 6. The van der Waals surface area contributed by atoms with E-state index in [0.29, 0.717) is 17.8 Å². The van der Waals surface area contributed by atoms with Crippen molar-refractivity contribution in [2.45, 2.75) is 33.2 Å². The van der Waals surface area contributed by atoms with Gasteiger partial charge in [-0.1, -0.05) is 25.1 Å². The van der Waals surface area contributed by atoms with Crippen LogP contribution in [0.25, 0.3) is 5.69 Å². The number of hydrogen-bond acceptors (Lipinski definition) is 6. The quantitative estimate of drug-likeness (QED) is 0.469. The molecule has 2 aromatic carbocycles. The highest BCUT2D eigenvalue weighted by atomic mass is 16.6. The normalized spacial score (nSPS) is 11.9. The number of tetrazole rings is 1. The third-order valence-corrected chi connectivity index (χ3v) is 4.89. The lowest BCUT2D eigenvalue weighted by Gasteiger charge is -2.28. The van der Waals surface area contributed by atoms with Gasteiger partial charge in [0.25, 0.3) is 5.69 Å². The van der Waals surface area contributed by atoms with Crippen LogP contribution in [-0.2, 0) is 4.79 Å². The first-order valence-corrected chi connectivity index (χ1v) is 9.20. The molecule has 0 spiro atoms. The summed E-state index contributed by atoms with van der Waals surface area (Å²) in [5.41, 5.74) is 3.49. The average molecular weight is 394 g/mol. The maximum atomic E-state index is 12.5. The standard InChI is InChI=1S/C20H22N6O3/c1-5-17(27)24(4)19(15-9-11-16(12-10-15)26(28)29)20-21-22-23-25(20)18-13(2)7-6-8-14(18)3/h6-12,19H,5H2,1-4H3/t19-/m1/s1. The van der Waals surface area contributed by atoms with Crippen molar-refractivity contribution in [3.8, 4) is 5.69 Å². The number of non-ortho nitro benzene ring substituents is 1. The summed E-state index contributed by atoms with van der Waals surface area (Å²) in [6.07, 6.45) is 0.310. The zero-order valence-corrected chi connectivity index (χ0v) is 16.7. The molecule has 0 unspecified atom stereocenters. The van der Waals surface area contributed by atoms with Crippen LogP contribution in [0.5, 0.6) is 0 Å². The number of nitro benzene ring substituents is 1. The number of rotatable bonds is 6. The molecular formula is C20H22N6O3. The third-order valence-electron chi connectivity index (χ3n) is 4.89. The smallest absolute Gasteiger partial charge is 0.269 e. The highest BCUT2D eigenvalue weighted by Gasteiger charge is 2.29. The van der Waals surface area contributed by atoms with Gasteiger partial charge in [-0.2, -0.15) is 4.68 Å². The first-order valence-electron chi connectivity index (χ1n) is 9.20. The van der Waals surface area contributed by atoms with Crippen molar-refractivity contribution in [2.75, 3.05) is 7.05 Å². The fourth-order valence-electron chi connectivity index (χ4n) is 3.38. The molecule has 9 nitrogen and oxygen atoms in total. The van der Waals surface area contributed by atoms with E-state index in [1.165, 1.54) is 12.1 Å². The molecule has 1 heterocycles. The van der Waals surface area contributed by atoms with Gasteiger partial charge < -0.3 is 4.90 Å². The van der Waals surface area contributed by atoms with Gasteiger partial charge in [0.2, 0.25) is 5.91 Å². The summed E-state index contributed by atoms with van der Waals surface area (Å²) < 4.78 is 1.64. The molecule has 0 aliphatic heterocycles. The minimum absolute atomic E-state index is 0.0219. The molecule has 0 aliphatic carbocycles. The Morgan fingerprint density at radius 3 is 2.34 bits per heavy atom. The Bertz CT molecular complexity index is 1020. The average Bonchev–Trinajstić information content (AvgIpc) is 3.16. The van der Waals surface area contributed by atoms with Crippen molar-refractivity contribution in [1.82, 2.24) is 25.1 Å². The molecule has 1 atom stereocenters. The van der Waals surface area contributed by atoms with Crippen LogP contribution >= 0.6 is 0 Å². The van der Waals surface area contributed by atoms with Crippen LogP contribution in [0.1, 0.15) is 41.9 Å². The van der Waals surface area contributed by atoms with Crippen molar-refractivity contribution >= 4 is 11.6 Å². The third kappa shape index (κ3) is 3.84. The van der Waals surface area contributed by atoms with E-state index in [9.17, 15) is 14.9 Å². The summed E-state index contributed by atoms with van der Waals surface area (Å²) in [6, 6.07) is 11.4. The second-order valence-corrected chi connectivity index (χ2v) is 6.80. The first kappa shape index (κ1) is 20.1. The molecule has 0 saturated heterocycles. The van der Waals surface area contributed by atoms with Crippen molar-refractivity contribution in [2.24, 2.45) is 0 Å². The molecule has 1 amide bonds. The second-order valence-electron chi connectivity index (χ2n) is 6.80. The zero-order chi connectivity index (χ0) is 21.1. The van der Waals surface area contributed by atoms with E-state index >= 15 is 0 Å². The number of carbonyl (C=O) groups is 1. The summed E-state index contributed by atoms with van der Waals surface area (Å²) in [4.78, 5) is 24.6. The maximum absolute atomic E-state index is 12.5. The minimum atomic E-state index is -0.600. The van der Waals surface area contributed by atoms with Crippen molar-refractivity contribution in [3.05, 3.63) is 75.1 Å². The topological polar surface area (TPSA) is 107 Å². The Labute approximate surface area is 168 Å². The second kappa shape index (κ2) is 8.17. The Kier molecular flexibility index (Phi) is 5.67.